The second-order valence-corrected chi connectivity index (χ2v) is 19.2. The van der Waals surface area contributed by atoms with Crippen LogP contribution in [0.5, 0.6) is 0 Å². The minimum Gasteiger partial charge on any atom is -0.462 e. The molecule has 6 nitrogen and oxygen atoms in total. The van der Waals surface area contributed by atoms with Crippen molar-refractivity contribution in [2.24, 2.45) is 0 Å². The number of hydrogen-bond acceptors (Lipinski definition) is 6. The maximum absolute atomic E-state index is 12.9. The molecule has 0 aromatic heterocycles. The van der Waals surface area contributed by atoms with Crippen molar-refractivity contribution >= 4 is 17.9 Å². The zero-order chi connectivity index (χ0) is 50.0. The topological polar surface area (TPSA) is 78.9 Å². The number of carbonyl (C=O) groups excluding carboxylic acids is 3. The summed E-state index contributed by atoms with van der Waals surface area (Å²) in [4.78, 5) is 38.2. The van der Waals surface area contributed by atoms with Crippen LogP contribution in [-0.4, -0.2) is 37.2 Å². The molecular formula is C63H108O6. The van der Waals surface area contributed by atoms with Gasteiger partial charge < -0.3 is 14.2 Å². The second kappa shape index (κ2) is 57.2. The van der Waals surface area contributed by atoms with Gasteiger partial charge in [0.25, 0.3) is 0 Å². The highest BCUT2D eigenvalue weighted by atomic mass is 16.6. The Morgan fingerprint density at radius 2 is 0.565 bits per heavy atom. The molecule has 0 aliphatic heterocycles. The van der Waals surface area contributed by atoms with Crippen molar-refractivity contribution < 1.29 is 28.6 Å². The van der Waals surface area contributed by atoms with E-state index >= 15 is 0 Å². The third-order valence-electron chi connectivity index (χ3n) is 12.4. The van der Waals surface area contributed by atoms with Crippen LogP contribution in [0.25, 0.3) is 0 Å². The molecule has 0 spiro atoms. The summed E-state index contributed by atoms with van der Waals surface area (Å²) in [5.41, 5.74) is 0. The lowest BCUT2D eigenvalue weighted by atomic mass is 10.1. The van der Waals surface area contributed by atoms with Gasteiger partial charge in [0, 0.05) is 19.3 Å². The van der Waals surface area contributed by atoms with Gasteiger partial charge in [-0.05, 0) is 116 Å². The molecule has 0 fully saturated rings. The molecule has 0 rings (SSSR count). The number of rotatable bonds is 52. The quantitative estimate of drug-likeness (QED) is 0.0262. The van der Waals surface area contributed by atoms with E-state index in [9.17, 15) is 14.4 Å². The van der Waals surface area contributed by atoms with Crippen molar-refractivity contribution in [2.75, 3.05) is 13.2 Å². The minimum absolute atomic E-state index is 0.0933. The van der Waals surface area contributed by atoms with Crippen LogP contribution in [-0.2, 0) is 28.6 Å². The molecule has 0 aromatic carbocycles. The van der Waals surface area contributed by atoms with Gasteiger partial charge >= 0.3 is 17.9 Å². The van der Waals surface area contributed by atoms with Crippen LogP contribution in [0.3, 0.4) is 0 Å². The highest BCUT2D eigenvalue weighted by Gasteiger charge is 2.19. The van der Waals surface area contributed by atoms with Crippen molar-refractivity contribution in [2.45, 2.75) is 284 Å². The lowest BCUT2D eigenvalue weighted by Crippen LogP contribution is -2.30. The Labute approximate surface area is 426 Å². The second-order valence-electron chi connectivity index (χ2n) is 19.2. The molecule has 1 unspecified atom stereocenters. The van der Waals surface area contributed by atoms with Crippen LogP contribution in [0.1, 0.15) is 278 Å². The molecule has 0 aliphatic carbocycles. The SMILES string of the molecule is CC/C=C\C/C=C\C/C=C\C/C=C\CCCCCCC(=O)OC(COC(=O)CCCCCCC/C=C\C/C=C\CCCCCC)COC(=O)CCCCCCCCC/C=C\CCCCCCCCC. The van der Waals surface area contributed by atoms with Gasteiger partial charge in [-0.1, -0.05) is 228 Å². The average Bonchev–Trinajstić information content (AvgIpc) is 3.35. The molecular weight excluding hydrogens is 853 g/mol. The number of esters is 3. The van der Waals surface area contributed by atoms with Gasteiger partial charge in [-0.2, -0.15) is 0 Å². The molecule has 0 saturated carbocycles. The molecule has 0 radical (unpaired) electrons. The van der Waals surface area contributed by atoms with Gasteiger partial charge in [-0.15, -0.1) is 0 Å². The molecule has 0 bridgehead atoms. The van der Waals surface area contributed by atoms with Crippen molar-refractivity contribution in [3.8, 4) is 0 Å². The average molecular weight is 962 g/mol. The van der Waals surface area contributed by atoms with Gasteiger partial charge in [0.15, 0.2) is 6.10 Å². The lowest BCUT2D eigenvalue weighted by molar-refractivity contribution is -0.167. The van der Waals surface area contributed by atoms with Gasteiger partial charge in [0.05, 0.1) is 0 Å². The third kappa shape index (κ3) is 55.4. The summed E-state index contributed by atoms with van der Waals surface area (Å²) in [6.07, 6.45) is 74.2. The Morgan fingerprint density at radius 1 is 0.304 bits per heavy atom. The van der Waals surface area contributed by atoms with E-state index in [1.165, 1.54) is 116 Å². The highest BCUT2D eigenvalue weighted by molar-refractivity contribution is 5.71. The molecule has 1 atom stereocenters. The van der Waals surface area contributed by atoms with E-state index in [1.54, 1.807) is 0 Å². The molecule has 0 amide bonds. The zero-order valence-electron chi connectivity index (χ0n) is 45.3. The van der Waals surface area contributed by atoms with Crippen LogP contribution in [0, 0.1) is 0 Å². The van der Waals surface area contributed by atoms with E-state index in [4.69, 9.17) is 14.2 Å². The van der Waals surface area contributed by atoms with Gasteiger partial charge in [0.1, 0.15) is 13.2 Å². The summed E-state index contributed by atoms with van der Waals surface area (Å²) in [6, 6.07) is 0. The van der Waals surface area contributed by atoms with Gasteiger partial charge in [-0.3, -0.25) is 14.4 Å². The first-order valence-corrected chi connectivity index (χ1v) is 29.1. The summed E-state index contributed by atoms with van der Waals surface area (Å²) in [5, 5.41) is 0. The van der Waals surface area contributed by atoms with Gasteiger partial charge in [-0.25, -0.2) is 0 Å². The summed E-state index contributed by atoms with van der Waals surface area (Å²) in [7, 11) is 0. The molecule has 0 N–H and O–H groups in total. The maximum Gasteiger partial charge on any atom is 0.306 e. The molecule has 0 saturated heterocycles. The van der Waals surface area contributed by atoms with Crippen LogP contribution >= 0.6 is 0 Å². The highest BCUT2D eigenvalue weighted by Crippen LogP contribution is 2.14. The Kier molecular flexibility index (Phi) is 54.3. The molecule has 0 heterocycles. The Hall–Kier alpha value is -3.41. The predicted molar refractivity (Wildman–Crippen MR) is 297 cm³/mol. The lowest BCUT2D eigenvalue weighted by Gasteiger charge is -2.18. The van der Waals surface area contributed by atoms with Crippen molar-refractivity contribution in [3.05, 3.63) is 85.1 Å². The van der Waals surface area contributed by atoms with E-state index in [-0.39, 0.29) is 31.1 Å². The van der Waals surface area contributed by atoms with Crippen LogP contribution in [0.2, 0.25) is 0 Å². The zero-order valence-corrected chi connectivity index (χ0v) is 45.3. The Morgan fingerprint density at radius 3 is 0.913 bits per heavy atom. The molecule has 69 heavy (non-hydrogen) atoms. The molecule has 396 valence electrons. The molecule has 6 heteroatoms. The number of carbonyl (C=O) groups is 3. The predicted octanol–water partition coefficient (Wildman–Crippen LogP) is 19.5. The van der Waals surface area contributed by atoms with E-state index in [2.05, 4.69) is 106 Å². The number of allylic oxidation sites excluding steroid dienone is 14. The monoisotopic (exact) mass is 961 g/mol. The maximum atomic E-state index is 12.9. The van der Waals surface area contributed by atoms with Crippen LogP contribution < -0.4 is 0 Å². The van der Waals surface area contributed by atoms with Crippen molar-refractivity contribution in [1.29, 1.82) is 0 Å². The van der Waals surface area contributed by atoms with Crippen LogP contribution in [0.4, 0.5) is 0 Å². The van der Waals surface area contributed by atoms with Crippen molar-refractivity contribution in [3.63, 3.8) is 0 Å². The molecule has 0 aromatic rings. The van der Waals surface area contributed by atoms with E-state index < -0.39 is 6.10 Å². The van der Waals surface area contributed by atoms with E-state index in [1.807, 2.05) is 0 Å². The summed E-state index contributed by atoms with van der Waals surface area (Å²) in [6.45, 7) is 6.49. The minimum atomic E-state index is -0.798. The first-order valence-electron chi connectivity index (χ1n) is 29.1. The smallest absolute Gasteiger partial charge is 0.306 e. The fourth-order valence-corrected chi connectivity index (χ4v) is 7.99. The standard InChI is InChI=1S/C63H108O6/c1-4-7-10-13-16-19-22-25-28-31-33-35-38-41-44-47-50-53-56-62(65)68-59-60(58-67-61(64)55-52-49-46-43-40-37-34-30-27-24-21-18-15-12-9-6-3)69-63(66)57-54-51-48-45-42-39-36-32-29-26-23-20-17-14-11-8-5-2/h8,11,17,20-21,24,26,28-31,34,36,39,60H,4-7,9-10,12-16,18-19,22-23,25,27,32-33,35,37-38,40-59H2,1-3H3/b11-8-,20-17-,24-21-,29-26-,31-28-,34-30-,39-36-. The van der Waals surface area contributed by atoms with E-state index in [0.717, 1.165) is 122 Å². The largest absolute Gasteiger partial charge is 0.462 e. The number of hydrogen-bond donors (Lipinski definition) is 0. The Bertz CT molecular complexity index is 1330. The normalized spacial score (nSPS) is 12.7. The summed E-state index contributed by atoms with van der Waals surface area (Å²) < 4.78 is 16.8. The summed E-state index contributed by atoms with van der Waals surface area (Å²) in [5.74, 6) is -0.929. The first kappa shape index (κ1) is 65.6. The first-order chi connectivity index (χ1) is 34.0. The van der Waals surface area contributed by atoms with Gasteiger partial charge in [0.2, 0.25) is 0 Å². The summed E-state index contributed by atoms with van der Waals surface area (Å²) >= 11 is 0. The Balaban J connectivity index is 4.45. The van der Waals surface area contributed by atoms with Crippen LogP contribution in [0.15, 0.2) is 85.1 Å². The fraction of sp³-hybridized carbons (Fsp3) is 0.730. The molecule has 0 aliphatic rings. The number of unbranched alkanes of at least 4 members (excludes halogenated alkanes) is 27. The number of ether oxygens (including phenoxy) is 3. The van der Waals surface area contributed by atoms with E-state index in [0.29, 0.717) is 19.3 Å². The van der Waals surface area contributed by atoms with Crippen molar-refractivity contribution in [1.82, 2.24) is 0 Å². The fourth-order valence-electron chi connectivity index (χ4n) is 7.99. The third-order valence-corrected chi connectivity index (χ3v) is 12.4.